The maximum Gasteiger partial charge on any atom is 0.150 e. The molecule has 2 aliphatic rings. The Morgan fingerprint density at radius 3 is 2.54 bits per heavy atom. The van der Waals surface area contributed by atoms with Crippen LogP contribution in [0.5, 0.6) is 0 Å². The van der Waals surface area contributed by atoms with Crippen LogP contribution in [0.25, 0.3) is 10.2 Å². The van der Waals surface area contributed by atoms with Crippen molar-refractivity contribution in [1.82, 2.24) is 9.97 Å². The van der Waals surface area contributed by atoms with Gasteiger partial charge in [-0.05, 0) is 68.8 Å². The van der Waals surface area contributed by atoms with Crippen LogP contribution < -0.4 is 0 Å². The summed E-state index contributed by atoms with van der Waals surface area (Å²) in [7, 11) is -2.74. The highest BCUT2D eigenvalue weighted by molar-refractivity contribution is 7.92. The average molecular weight is 393 g/mol. The molecule has 2 aromatic heterocycles. The second-order valence-corrected chi connectivity index (χ2v) is 12.2. The zero-order valence-corrected chi connectivity index (χ0v) is 17.5. The van der Waals surface area contributed by atoms with Gasteiger partial charge in [-0.2, -0.15) is 0 Å². The molecule has 1 saturated carbocycles. The minimum Gasteiger partial charge on any atom is -0.238 e. The highest BCUT2D eigenvalue weighted by Gasteiger charge is 2.33. The molecule has 0 atom stereocenters. The molecule has 1 aliphatic carbocycles. The summed E-state index contributed by atoms with van der Waals surface area (Å²) in [5.74, 6) is 2.50. The Labute approximate surface area is 160 Å². The van der Waals surface area contributed by atoms with E-state index in [-0.39, 0.29) is 0 Å². The lowest BCUT2D eigenvalue weighted by Gasteiger charge is -2.33. The third kappa shape index (κ3) is 3.81. The van der Waals surface area contributed by atoms with E-state index in [2.05, 4.69) is 24.9 Å². The first-order valence-corrected chi connectivity index (χ1v) is 12.3. The first kappa shape index (κ1) is 18.4. The van der Waals surface area contributed by atoms with E-state index in [0.717, 1.165) is 29.2 Å². The van der Waals surface area contributed by atoms with Gasteiger partial charge < -0.3 is 0 Å². The SMILES string of the molecule is Cc1nc(CCC2CS(=O)(=O)C2)c2cc(C3CCC(C)(C)CC3)sc2n1. The molecule has 2 aromatic rings. The fourth-order valence-corrected chi connectivity index (χ4v) is 7.31. The molecule has 6 heteroatoms. The van der Waals surface area contributed by atoms with Crippen molar-refractivity contribution in [1.29, 1.82) is 0 Å². The van der Waals surface area contributed by atoms with Gasteiger partial charge in [-0.15, -0.1) is 11.3 Å². The van der Waals surface area contributed by atoms with Gasteiger partial charge in [0.05, 0.1) is 17.2 Å². The lowest BCUT2D eigenvalue weighted by atomic mass is 9.73. The van der Waals surface area contributed by atoms with E-state index in [0.29, 0.717) is 28.8 Å². The molecule has 4 nitrogen and oxygen atoms in total. The molecule has 0 N–H and O–H groups in total. The van der Waals surface area contributed by atoms with Crippen LogP contribution in [0.4, 0.5) is 0 Å². The largest absolute Gasteiger partial charge is 0.238 e. The molecule has 0 aromatic carbocycles. The molecule has 0 unspecified atom stereocenters. The topological polar surface area (TPSA) is 59.9 Å². The molecule has 0 spiro atoms. The van der Waals surface area contributed by atoms with Crippen molar-refractivity contribution in [3.05, 3.63) is 22.5 Å². The van der Waals surface area contributed by atoms with Gasteiger partial charge >= 0.3 is 0 Å². The van der Waals surface area contributed by atoms with E-state index in [1.807, 2.05) is 18.3 Å². The van der Waals surface area contributed by atoms with E-state index < -0.39 is 9.84 Å². The van der Waals surface area contributed by atoms with Crippen LogP contribution >= 0.6 is 11.3 Å². The number of thiophene rings is 1. The number of rotatable bonds is 4. The molecular formula is C20H28N2O2S2. The molecule has 0 amide bonds. The van der Waals surface area contributed by atoms with Crippen molar-refractivity contribution in [2.75, 3.05) is 11.5 Å². The molecule has 3 heterocycles. The standard InChI is InChI=1S/C20H28N2O2S2/c1-13-21-17(5-4-14-11-26(23,24)12-14)16-10-18(25-19(16)22-13)15-6-8-20(2,3)9-7-15/h10,14-15H,4-9,11-12H2,1-3H3. The van der Waals surface area contributed by atoms with Crippen LogP contribution in [-0.4, -0.2) is 29.9 Å². The van der Waals surface area contributed by atoms with E-state index in [1.165, 1.54) is 35.9 Å². The van der Waals surface area contributed by atoms with E-state index >= 15 is 0 Å². The van der Waals surface area contributed by atoms with Gasteiger partial charge in [0, 0.05) is 10.3 Å². The van der Waals surface area contributed by atoms with Crippen molar-refractivity contribution in [2.45, 2.75) is 65.2 Å². The first-order chi connectivity index (χ1) is 12.2. The van der Waals surface area contributed by atoms with Crippen LogP contribution in [0.3, 0.4) is 0 Å². The Morgan fingerprint density at radius 1 is 1.19 bits per heavy atom. The van der Waals surface area contributed by atoms with Crippen LogP contribution in [0.15, 0.2) is 6.07 Å². The van der Waals surface area contributed by atoms with Gasteiger partial charge in [-0.25, -0.2) is 18.4 Å². The fourth-order valence-electron chi connectivity index (χ4n) is 4.37. The third-order valence-corrected chi connectivity index (χ3v) is 9.26. The minimum atomic E-state index is -2.74. The maximum absolute atomic E-state index is 11.4. The highest BCUT2D eigenvalue weighted by Crippen LogP contribution is 2.45. The summed E-state index contributed by atoms with van der Waals surface area (Å²) in [4.78, 5) is 11.9. The summed E-state index contributed by atoms with van der Waals surface area (Å²) in [5, 5.41) is 1.20. The Morgan fingerprint density at radius 2 is 1.88 bits per heavy atom. The highest BCUT2D eigenvalue weighted by atomic mass is 32.2. The van der Waals surface area contributed by atoms with E-state index in [1.54, 1.807) is 0 Å². The van der Waals surface area contributed by atoms with E-state index in [4.69, 9.17) is 4.98 Å². The second-order valence-electron chi connectivity index (χ2n) is 9.01. The van der Waals surface area contributed by atoms with Crippen molar-refractivity contribution in [3.63, 3.8) is 0 Å². The van der Waals surface area contributed by atoms with Crippen molar-refractivity contribution in [2.24, 2.45) is 11.3 Å². The van der Waals surface area contributed by atoms with Gasteiger partial charge in [0.25, 0.3) is 0 Å². The summed E-state index contributed by atoms with van der Waals surface area (Å²) in [6.45, 7) is 6.71. The van der Waals surface area contributed by atoms with Gasteiger partial charge in [0.15, 0.2) is 9.84 Å². The molecule has 0 bridgehead atoms. The summed E-state index contributed by atoms with van der Waals surface area (Å²) in [6.07, 6.45) is 6.88. The number of hydrogen-bond donors (Lipinski definition) is 0. The molecule has 0 radical (unpaired) electrons. The van der Waals surface area contributed by atoms with Gasteiger partial charge in [0.2, 0.25) is 0 Å². The monoisotopic (exact) mass is 392 g/mol. The van der Waals surface area contributed by atoms with Crippen molar-refractivity contribution >= 4 is 31.4 Å². The first-order valence-electron chi connectivity index (χ1n) is 9.68. The van der Waals surface area contributed by atoms with Crippen LogP contribution in [0.1, 0.15) is 68.3 Å². The van der Waals surface area contributed by atoms with Gasteiger partial charge in [-0.1, -0.05) is 13.8 Å². The average Bonchev–Trinajstić information content (AvgIpc) is 2.94. The predicted molar refractivity (Wildman–Crippen MR) is 108 cm³/mol. The van der Waals surface area contributed by atoms with E-state index in [9.17, 15) is 8.42 Å². The third-order valence-electron chi connectivity index (χ3n) is 6.11. The van der Waals surface area contributed by atoms with Crippen LogP contribution in [0, 0.1) is 18.3 Å². The number of aryl methyl sites for hydroxylation is 2. The lowest BCUT2D eigenvalue weighted by molar-refractivity contribution is 0.226. The summed E-state index contributed by atoms with van der Waals surface area (Å²) in [5.41, 5.74) is 1.59. The number of hydrogen-bond acceptors (Lipinski definition) is 5. The molecular weight excluding hydrogens is 364 g/mol. The molecule has 4 rings (SSSR count). The van der Waals surface area contributed by atoms with Crippen LogP contribution in [0.2, 0.25) is 0 Å². The van der Waals surface area contributed by atoms with Crippen molar-refractivity contribution in [3.8, 4) is 0 Å². The van der Waals surface area contributed by atoms with Gasteiger partial charge in [-0.3, -0.25) is 0 Å². The molecule has 142 valence electrons. The number of sulfone groups is 1. The lowest BCUT2D eigenvalue weighted by Crippen LogP contribution is -2.36. The maximum atomic E-state index is 11.4. The normalized spacial score (nSPS) is 23.2. The minimum absolute atomic E-state index is 0.309. The Balaban J connectivity index is 1.53. The quantitative estimate of drug-likeness (QED) is 0.759. The summed E-state index contributed by atoms with van der Waals surface area (Å²) in [6, 6.07) is 2.33. The van der Waals surface area contributed by atoms with Gasteiger partial charge in [0.1, 0.15) is 10.7 Å². The number of aromatic nitrogens is 2. The second kappa shape index (κ2) is 6.55. The zero-order chi connectivity index (χ0) is 18.5. The molecule has 2 fully saturated rings. The fraction of sp³-hybridized carbons (Fsp3) is 0.700. The Hall–Kier alpha value is -1.01. The molecule has 1 saturated heterocycles. The predicted octanol–water partition coefficient (Wildman–Crippen LogP) is 4.66. The smallest absolute Gasteiger partial charge is 0.150 e. The number of fused-ring (bicyclic) bond motifs is 1. The Kier molecular flexibility index (Phi) is 4.63. The summed E-state index contributed by atoms with van der Waals surface area (Å²) < 4.78 is 22.8. The number of nitrogens with zero attached hydrogens (tertiary/aromatic N) is 2. The van der Waals surface area contributed by atoms with Crippen LogP contribution in [-0.2, 0) is 16.3 Å². The van der Waals surface area contributed by atoms with Crippen molar-refractivity contribution < 1.29 is 8.42 Å². The molecule has 26 heavy (non-hydrogen) atoms. The molecule has 1 aliphatic heterocycles. The zero-order valence-electron chi connectivity index (χ0n) is 15.9. The summed E-state index contributed by atoms with van der Waals surface area (Å²) >= 11 is 1.84. The Bertz CT molecular complexity index is 909.